The Hall–Kier alpha value is -1.36. The normalized spacial score (nSPS) is 12.5. The largest absolute Gasteiger partial charge is 0.354 e. The molecule has 1 atom stereocenters. The van der Waals surface area contributed by atoms with Gasteiger partial charge in [0.15, 0.2) is 0 Å². The smallest absolute Gasteiger partial charge is 0.236 e. The predicted molar refractivity (Wildman–Crippen MR) is 53.6 cm³/mol. The molecule has 1 rings (SSSR count). The van der Waals surface area contributed by atoms with E-state index in [1.807, 2.05) is 13.2 Å². The van der Waals surface area contributed by atoms with Gasteiger partial charge >= 0.3 is 0 Å². The zero-order valence-electron chi connectivity index (χ0n) is 8.53. The maximum Gasteiger partial charge on any atom is 0.236 e. The molecule has 0 radical (unpaired) electrons. The Kier molecular flexibility index (Phi) is 3.64. The number of aromatic nitrogens is 2. The van der Waals surface area contributed by atoms with Crippen LogP contribution in [0.3, 0.4) is 0 Å². The van der Waals surface area contributed by atoms with E-state index >= 15 is 0 Å². The third kappa shape index (κ3) is 3.18. The van der Waals surface area contributed by atoms with E-state index in [-0.39, 0.29) is 5.91 Å². The van der Waals surface area contributed by atoms with Gasteiger partial charge in [0, 0.05) is 19.8 Å². The summed E-state index contributed by atoms with van der Waals surface area (Å²) in [6.07, 6.45) is 4.50. The average molecular weight is 196 g/mol. The van der Waals surface area contributed by atoms with E-state index < -0.39 is 6.04 Å². The summed E-state index contributed by atoms with van der Waals surface area (Å²) in [7, 11) is 1.87. The molecule has 5 nitrogen and oxygen atoms in total. The van der Waals surface area contributed by atoms with E-state index in [2.05, 4.69) is 10.4 Å². The first-order chi connectivity index (χ1) is 6.59. The van der Waals surface area contributed by atoms with Gasteiger partial charge in [-0.05, 0) is 18.9 Å². The highest BCUT2D eigenvalue weighted by molar-refractivity contribution is 5.80. The van der Waals surface area contributed by atoms with Crippen LogP contribution in [0.1, 0.15) is 12.5 Å². The van der Waals surface area contributed by atoms with Crippen LogP contribution in [0.4, 0.5) is 0 Å². The summed E-state index contributed by atoms with van der Waals surface area (Å²) in [5, 5.41) is 6.77. The summed E-state index contributed by atoms with van der Waals surface area (Å²) in [5.41, 5.74) is 6.50. The minimum Gasteiger partial charge on any atom is -0.354 e. The van der Waals surface area contributed by atoms with Crippen LogP contribution in [0.5, 0.6) is 0 Å². The van der Waals surface area contributed by atoms with Crippen LogP contribution in [-0.4, -0.2) is 28.3 Å². The molecule has 0 aliphatic carbocycles. The molecular weight excluding hydrogens is 180 g/mol. The van der Waals surface area contributed by atoms with Crippen LogP contribution in [0, 0.1) is 0 Å². The molecule has 1 heterocycles. The van der Waals surface area contributed by atoms with Gasteiger partial charge in [0.05, 0.1) is 12.2 Å². The zero-order chi connectivity index (χ0) is 10.6. The number of carbonyl (C=O) groups excluding carboxylic acids is 1. The van der Waals surface area contributed by atoms with Crippen molar-refractivity contribution in [2.24, 2.45) is 12.8 Å². The van der Waals surface area contributed by atoms with Crippen molar-refractivity contribution >= 4 is 5.91 Å². The topological polar surface area (TPSA) is 72.9 Å². The Labute approximate surface area is 83.3 Å². The lowest BCUT2D eigenvalue weighted by molar-refractivity contribution is -0.121. The fourth-order valence-electron chi connectivity index (χ4n) is 1.09. The summed E-state index contributed by atoms with van der Waals surface area (Å²) < 4.78 is 1.74. The molecule has 78 valence electrons. The maximum absolute atomic E-state index is 11.1. The van der Waals surface area contributed by atoms with E-state index in [9.17, 15) is 4.79 Å². The van der Waals surface area contributed by atoms with Crippen LogP contribution in [-0.2, 0) is 18.3 Å². The monoisotopic (exact) mass is 196 g/mol. The van der Waals surface area contributed by atoms with Crippen molar-refractivity contribution in [3.63, 3.8) is 0 Å². The lowest BCUT2D eigenvalue weighted by atomic mass is 10.2. The molecule has 0 saturated carbocycles. The minimum absolute atomic E-state index is 0.117. The third-order valence-corrected chi connectivity index (χ3v) is 1.88. The molecular formula is C9H16N4O. The summed E-state index contributed by atoms with van der Waals surface area (Å²) in [6.45, 7) is 2.27. The second-order valence-corrected chi connectivity index (χ2v) is 3.35. The molecule has 0 aromatic carbocycles. The molecule has 0 fully saturated rings. The number of nitrogens with two attached hydrogens (primary N) is 1. The highest BCUT2D eigenvalue weighted by Gasteiger charge is 2.05. The zero-order valence-corrected chi connectivity index (χ0v) is 8.53. The van der Waals surface area contributed by atoms with E-state index in [1.165, 1.54) is 0 Å². The number of rotatable bonds is 4. The minimum atomic E-state index is -0.441. The average Bonchev–Trinajstić information content (AvgIpc) is 2.51. The number of hydrogen-bond donors (Lipinski definition) is 2. The molecule has 0 saturated heterocycles. The lowest BCUT2D eigenvalue weighted by Gasteiger charge is -2.06. The number of nitrogens with zero attached hydrogens (tertiary/aromatic N) is 2. The molecule has 1 aromatic heterocycles. The molecule has 0 spiro atoms. The SMILES string of the molecule is C[C@@H](N)C(=O)NCCc1cnn(C)c1. The highest BCUT2D eigenvalue weighted by atomic mass is 16.2. The molecule has 14 heavy (non-hydrogen) atoms. The Morgan fingerprint density at radius 3 is 3.00 bits per heavy atom. The number of hydrogen-bond acceptors (Lipinski definition) is 3. The first-order valence-electron chi connectivity index (χ1n) is 4.60. The molecule has 0 bridgehead atoms. The van der Waals surface area contributed by atoms with Gasteiger partial charge in [-0.15, -0.1) is 0 Å². The fraction of sp³-hybridized carbons (Fsp3) is 0.556. The van der Waals surface area contributed by atoms with Crippen LogP contribution in [0.2, 0.25) is 0 Å². The van der Waals surface area contributed by atoms with Crippen LogP contribution < -0.4 is 11.1 Å². The van der Waals surface area contributed by atoms with Gasteiger partial charge in [-0.3, -0.25) is 9.48 Å². The standard InChI is InChI=1S/C9H16N4O/c1-7(10)9(14)11-4-3-8-5-12-13(2)6-8/h5-7H,3-4,10H2,1-2H3,(H,11,14)/t7-/m1/s1. The van der Waals surface area contributed by atoms with Crippen molar-refractivity contribution in [1.29, 1.82) is 0 Å². The number of amides is 1. The number of carbonyl (C=O) groups is 1. The van der Waals surface area contributed by atoms with Gasteiger partial charge in [-0.2, -0.15) is 5.10 Å². The molecule has 0 unspecified atom stereocenters. The van der Waals surface area contributed by atoms with E-state index in [0.717, 1.165) is 12.0 Å². The lowest BCUT2D eigenvalue weighted by Crippen LogP contribution is -2.39. The first-order valence-corrected chi connectivity index (χ1v) is 4.60. The molecule has 0 aliphatic heterocycles. The van der Waals surface area contributed by atoms with Gasteiger partial charge < -0.3 is 11.1 Å². The van der Waals surface area contributed by atoms with Crippen molar-refractivity contribution in [2.45, 2.75) is 19.4 Å². The van der Waals surface area contributed by atoms with Crippen molar-refractivity contribution in [1.82, 2.24) is 15.1 Å². The van der Waals surface area contributed by atoms with Crippen LogP contribution in [0.25, 0.3) is 0 Å². The van der Waals surface area contributed by atoms with E-state index in [0.29, 0.717) is 6.54 Å². The molecule has 3 N–H and O–H groups in total. The van der Waals surface area contributed by atoms with Gasteiger partial charge in [0.25, 0.3) is 0 Å². The molecule has 1 aromatic rings. The Morgan fingerprint density at radius 2 is 2.50 bits per heavy atom. The highest BCUT2D eigenvalue weighted by Crippen LogP contribution is 1.95. The second-order valence-electron chi connectivity index (χ2n) is 3.35. The van der Waals surface area contributed by atoms with Crippen molar-refractivity contribution in [2.75, 3.05) is 6.54 Å². The molecule has 5 heteroatoms. The fourth-order valence-corrected chi connectivity index (χ4v) is 1.09. The van der Waals surface area contributed by atoms with Crippen LogP contribution >= 0.6 is 0 Å². The van der Waals surface area contributed by atoms with Crippen molar-refractivity contribution in [3.8, 4) is 0 Å². The van der Waals surface area contributed by atoms with Crippen LogP contribution in [0.15, 0.2) is 12.4 Å². The van der Waals surface area contributed by atoms with Gasteiger partial charge in [-0.1, -0.05) is 0 Å². The summed E-state index contributed by atoms with van der Waals surface area (Å²) >= 11 is 0. The Balaban J connectivity index is 2.25. The van der Waals surface area contributed by atoms with E-state index in [4.69, 9.17) is 5.73 Å². The Bertz CT molecular complexity index is 306. The molecule has 1 amide bonds. The summed E-state index contributed by atoms with van der Waals surface area (Å²) in [6, 6.07) is -0.441. The predicted octanol–water partition coefficient (Wildman–Crippen LogP) is -0.574. The van der Waals surface area contributed by atoms with E-state index in [1.54, 1.807) is 17.8 Å². The maximum atomic E-state index is 11.1. The first kappa shape index (κ1) is 10.7. The van der Waals surface area contributed by atoms with Gasteiger partial charge in [0.1, 0.15) is 0 Å². The quantitative estimate of drug-likeness (QED) is 0.677. The van der Waals surface area contributed by atoms with Crippen molar-refractivity contribution in [3.05, 3.63) is 18.0 Å². The molecule has 0 aliphatic rings. The number of aryl methyl sites for hydroxylation is 1. The number of nitrogens with one attached hydrogen (secondary N) is 1. The third-order valence-electron chi connectivity index (χ3n) is 1.88. The summed E-state index contributed by atoms with van der Waals surface area (Å²) in [4.78, 5) is 11.1. The van der Waals surface area contributed by atoms with Gasteiger partial charge in [-0.25, -0.2) is 0 Å². The Morgan fingerprint density at radius 1 is 1.79 bits per heavy atom. The second kappa shape index (κ2) is 4.76. The van der Waals surface area contributed by atoms with Crippen molar-refractivity contribution < 1.29 is 4.79 Å². The van der Waals surface area contributed by atoms with Gasteiger partial charge in [0.2, 0.25) is 5.91 Å². The summed E-state index contributed by atoms with van der Waals surface area (Å²) in [5.74, 6) is -0.117.